The Kier molecular flexibility index (Phi) is 5.26. The number of hydrogen-bond donors (Lipinski definition) is 2. The molecule has 0 unspecified atom stereocenters. The normalized spacial score (nSPS) is 18.9. The third kappa shape index (κ3) is 3.94. The van der Waals surface area contributed by atoms with E-state index in [0.29, 0.717) is 25.1 Å². The number of rotatable bonds is 4. The van der Waals surface area contributed by atoms with Gasteiger partial charge in [0.2, 0.25) is 5.91 Å². The monoisotopic (exact) mass is 426 g/mol. The van der Waals surface area contributed by atoms with E-state index < -0.39 is 10.0 Å². The molecule has 1 aromatic carbocycles. The van der Waals surface area contributed by atoms with Crippen LogP contribution in [0.1, 0.15) is 18.4 Å². The van der Waals surface area contributed by atoms with Gasteiger partial charge in [-0.2, -0.15) is 4.31 Å². The third-order valence-corrected chi connectivity index (χ3v) is 6.67. The fourth-order valence-electron chi connectivity index (χ4n) is 2.85. The average Bonchev–Trinajstić information content (AvgIpc) is 3.13. The van der Waals surface area contributed by atoms with Gasteiger partial charge in [-0.1, -0.05) is 6.07 Å². The minimum absolute atomic E-state index is 0.0508. The van der Waals surface area contributed by atoms with Gasteiger partial charge in [-0.25, -0.2) is 13.4 Å². The number of H-pyrrole nitrogens is 1. The Bertz CT molecular complexity index is 868. The quantitative estimate of drug-likeness (QED) is 0.784. The Morgan fingerprint density at radius 3 is 2.92 bits per heavy atom. The Balaban J connectivity index is 1.72. The summed E-state index contributed by atoms with van der Waals surface area (Å²) < 4.78 is 27.3. The van der Waals surface area contributed by atoms with Crippen LogP contribution in [0.2, 0.25) is 0 Å². The molecule has 1 aliphatic rings. The van der Waals surface area contributed by atoms with E-state index in [1.165, 1.54) is 16.8 Å². The van der Waals surface area contributed by atoms with E-state index in [9.17, 15) is 13.2 Å². The minimum atomic E-state index is -3.65. The SMILES string of the molecule is Cc1ccc(NC(=O)[C@H]2CCCN(S(=O)(=O)c3cnc[nH]3)C2)c(Br)c1. The van der Waals surface area contributed by atoms with Crippen LogP contribution in [-0.4, -0.2) is 41.7 Å². The summed E-state index contributed by atoms with van der Waals surface area (Å²) in [6.07, 6.45) is 3.91. The maximum Gasteiger partial charge on any atom is 0.260 e. The van der Waals surface area contributed by atoms with E-state index in [1.54, 1.807) is 0 Å². The van der Waals surface area contributed by atoms with E-state index in [-0.39, 0.29) is 23.4 Å². The van der Waals surface area contributed by atoms with Crippen LogP contribution >= 0.6 is 15.9 Å². The summed E-state index contributed by atoms with van der Waals surface area (Å²) in [4.78, 5) is 19.0. The second-order valence-corrected chi connectivity index (χ2v) is 8.85. The van der Waals surface area contributed by atoms with Crippen molar-refractivity contribution in [3.8, 4) is 0 Å². The number of aromatic amines is 1. The van der Waals surface area contributed by atoms with Gasteiger partial charge in [-0.05, 0) is 53.4 Å². The Morgan fingerprint density at radius 1 is 1.44 bits per heavy atom. The molecule has 25 heavy (non-hydrogen) atoms. The molecule has 2 N–H and O–H groups in total. The van der Waals surface area contributed by atoms with Crippen molar-refractivity contribution in [2.45, 2.75) is 24.8 Å². The van der Waals surface area contributed by atoms with Crippen molar-refractivity contribution in [2.75, 3.05) is 18.4 Å². The predicted molar refractivity (Wildman–Crippen MR) is 97.6 cm³/mol. The summed E-state index contributed by atoms with van der Waals surface area (Å²) in [5, 5.41) is 2.94. The van der Waals surface area contributed by atoms with E-state index in [4.69, 9.17) is 0 Å². The molecule has 0 radical (unpaired) electrons. The van der Waals surface area contributed by atoms with Gasteiger partial charge in [0.25, 0.3) is 10.0 Å². The third-order valence-electron chi connectivity index (χ3n) is 4.23. The van der Waals surface area contributed by atoms with Gasteiger partial charge in [-0.3, -0.25) is 4.79 Å². The fourth-order valence-corrected chi connectivity index (χ4v) is 4.87. The van der Waals surface area contributed by atoms with Crippen LogP contribution in [0.15, 0.2) is 40.2 Å². The smallest absolute Gasteiger partial charge is 0.260 e. The molecule has 0 spiro atoms. The van der Waals surface area contributed by atoms with Crippen LogP contribution in [0.4, 0.5) is 5.69 Å². The number of imidazole rings is 1. The van der Waals surface area contributed by atoms with Gasteiger partial charge >= 0.3 is 0 Å². The van der Waals surface area contributed by atoms with Crippen molar-refractivity contribution in [1.29, 1.82) is 0 Å². The molecule has 3 rings (SSSR count). The van der Waals surface area contributed by atoms with Crippen LogP contribution in [0.25, 0.3) is 0 Å². The minimum Gasteiger partial charge on any atom is -0.335 e. The molecule has 1 aliphatic heterocycles. The van der Waals surface area contributed by atoms with Gasteiger partial charge in [0, 0.05) is 17.6 Å². The van der Waals surface area contributed by atoms with Crippen molar-refractivity contribution in [1.82, 2.24) is 14.3 Å². The first-order valence-corrected chi connectivity index (χ1v) is 10.2. The Morgan fingerprint density at radius 2 is 2.24 bits per heavy atom. The zero-order chi connectivity index (χ0) is 18.0. The van der Waals surface area contributed by atoms with Gasteiger partial charge in [0.05, 0.1) is 24.1 Å². The number of carbonyl (C=O) groups is 1. The van der Waals surface area contributed by atoms with E-state index in [1.807, 2.05) is 25.1 Å². The number of amides is 1. The lowest BCUT2D eigenvalue weighted by atomic mass is 9.98. The lowest BCUT2D eigenvalue weighted by molar-refractivity contribution is -0.120. The number of anilines is 1. The number of nitrogens with one attached hydrogen (secondary N) is 2. The summed E-state index contributed by atoms with van der Waals surface area (Å²) in [5.74, 6) is -0.561. The van der Waals surface area contributed by atoms with Gasteiger partial charge in [0.15, 0.2) is 5.03 Å². The van der Waals surface area contributed by atoms with Crippen LogP contribution in [0.5, 0.6) is 0 Å². The second-order valence-electron chi connectivity index (χ2n) is 6.09. The molecule has 1 fully saturated rings. The zero-order valence-corrected chi connectivity index (χ0v) is 16.1. The molecular weight excluding hydrogens is 408 g/mol. The molecule has 0 aliphatic carbocycles. The summed E-state index contributed by atoms with van der Waals surface area (Å²) in [5.41, 5.74) is 1.77. The number of piperidine rings is 1. The molecule has 2 aromatic rings. The number of carbonyl (C=O) groups excluding carboxylic acids is 1. The van der Waals surface area contributed by atoms with E-state index in [0.717, 1.165) is 10.0 Å². The van der Waals surface area contributed by atoms with Gasteiger partial charge < -0.3 is 10.3 Å². The first-order valence-electron chi connectivity index (χ1n) is 7.93. The lowest BCUT2D eigenvalue weighted by Crippen LogP contribution is -2.43. The molecule has 2 heterocycles. The first kappa shape index (κ1) is 18.1. The predicted octanol–water partition coefficient (Wildman–Crippen LogP) is 2.52. The highest BCUT2D eigenvalue weighted by Crippen LogP contribution is 2.27. The van der Waals surface area contributed by atoms with Crippen LogP contribution < -0.4 is 5.32 Å². The highest BCUT2D eigenvalue weighted by molar-refractivity contribution is 9.10. The van der Waals surface area contributed by atoms with Crippen LogP contribution in [0.3, 0.4) is 0 Å². The van der Waals surface area contributed by atoms with Crippen molar-refractivity contribution in [3.05, 3.63) is 40.8 Å². The lowest BCUT2D eigenvalue weighted by Gasteiger charge is -2.30. The number of nitrogens with zero attached hydrogens (tertiary/aromatic N) is 2. The summed E-state index contributed by atoms with van der Waals surface area (Å²) >= 11 is 3.44. The van der Waals surface area contributed by atoms with Crippen LogP contribution in [0, 0.1) is 12.8 Å². The molecule has 0 saturated carbocycles. The van der Waals surface area contributed by atoms with Crippen molar-refractivity contribution < 1.29 is 13.2 Å². The topological polar surface area (TPSA) is 95.2 Å². The molecule has 134 valence electrons. The summed E-state index contributed by atoms with van der Waals surface area (Å²) in [6.45, 7) is 2.53. The number of hydrogen-bond acceptors (Lipinski definition) is 4. The molecule has 1 atom stereocenters. The van der Waals surface area contributed by atoms with Gasteiger partial charge in [0.1, 0.15) is 0 Å². The number of halogens is 1. The number of aromatic nitrogens is 2. The highest BCUT2D eigenvalue weighted by atomic mass is 79.9. The molecule has 7 nitrogen and oxygen atoms in total. The number of benzene rings is 1. The van der Waals surface area contributed by atoms with Gasteiger partial charge in [-0.15, -0.1) is 0 Å². The second kappa shape index (κ2) is 7.27. The molecule has 1 amide bonds. The van der Waals surface area contributed by atoms with Crippen molar-refractivity contribution in [3.63, 3.8) is 0 Å². The number of sulfonamides is 1. The largest absolute Gasteiger partial charge is 0.335 e. The average molecular weight is 427 g/mol. The molecule has 1 saturated heterocycles. The maximum atomic E-state index is 12.6. The molecular formula is C16H19BrN4O3S. The number of aryl methyl sites for hydroxylation is 1. The van der Waals surface area contributed by atoms with Crippen LogP contribution in [-0.2, 0) is 14.8 Å². The van der Waals surface area contributed by atoms with E-state index in [2.05, 4.69) is 31.2 Å². The Hall–Kier alpha value is -1.71. The van der Waals surface area contributed by atoms with Crippen molar-refractivity contribution in [2.24, 2.45) is 5.92 Å². The molecule has 1 aromatic heterocycles. The van der Waals surface area contributed by atoms with E-state index >= 15 is 0 Å². The zero-order valence-electron chi connectivity index (χ0n) is 13.7. The Labute approximate surface area is 155 Å². The summed E-state index contributed by atoms with van der Waals surface area (Å²) in [6, 6.07) is 5.67. The highest BCUT2D eigenvalue weighted by Gasteiger charge is 2.34. The standard InChI is InChI=1S/C16H19BrN4O3S/c1-11-4-5-14(13(17)7-11)20-16(22)12-3-2-6-21(9-12)25(23,24)15-8-18-10-19-15/h4-5,7-8,10,12H,2-3,6,9H2,1H3,(H,18,19)(H,20,22)/t12-/m0/s1. The maximum absolute atomic E-state index is 12.6. The molecule has 0 bridgehead atoms. The first-order chi connectivity index (χ1) is 11.9. The van der Waals surface area contributed by atoms with Crippen molar-refractivity contribution >= 4 is 37.5 Å². The fraction of sp³-hybridized carbons (Fsp3) is 0.375. The molecule has 9 heteroatoms. The summed E-state index contributed by atoms with van der Waals surface area (Å²) in [7, 11) is -3.65.